The van der Waals surface area contributed by atoms with E-state index >= 15 is 0 Å². The molecule has 0 bridgehead atoms. The third-order valence-corrected chi connectivity index (χ3v) is 10.4. The molecule has 2 aliphatic rings. The van der Waals surface area contributed by atoms with Crippen molar-refractivity contribution in [2.45, 2.75) is 56.8 Å². The van der Waals surface area contributed by atoms with Gasteiger partial charge in [-0.25, -0.2) is 14.8 Å². The van der Waals surface area contributed by atoms with Crippen LogP contribution < -0.4 is 5.32 Å². The van der Waals surface area contributed by atoms with Crippen molar-refractivity contribution in [1.82, 2.24) is 40.0 Å². The van der Waals surface area contributed by atoms with Gasteiger partial charge in [0.15, 0.2) is 0 Å². The first-order valence-corrected chi connectivity index (χ1v) is 17.8. The minimum atomic E-state index is -1.25. The molecule has 2 aliphatic heterocycles. The fraction of sp³-hybridized carbons (Fsp3) is 0.325. The number of H-pyrrole nitrogens is 2. The van der Waals surface area contributed by atoms with Gasteiger partial charge >= 0.3 is 6.09 Å². The summed E-state index contributed by atoms with van der Waals surface area (Å²) in [5.41, 5.74) is 6.50. The molecule has 4 N–H and O–H groups in total. The number of likely N-dealkylation sites (N-methyl/N-ethyl adjacent to an activating group) is 1. The predicted octanol–water partition coefficient (Wildman–Crippen LogP) is 6.42. The van der Waals surface area contributed by atoms with Crippen LogP contribution in [0, 0.1) is 0 Å². The molecule has 5 aromatic rings. The lowest BCUT2D eigenvalue weighted by Gasteiger charge is -2.29. The maximum absolute atomic E-state index is 13.7. The van der Waals surface area contributed by atoms with E-state index in [0.717, 1.165) is 71.7 Å². The number of likely N-dealkylation sites (tertiary alicyclic amines) is 2. The van der Waals surface area contributed by atoms with Gasteiger partial charge in [-0.2, -0.15) is 0 Å². The van der Waals surface area contributed by atoms with Gasteiger partial charge in [-0.1, -0.05) is 78.9 Å². The molecule has 3 amide bonds. The van der Waals surface area contributed by atoms with Crippen LogP contribution in [0.4, 0.5) is 4.79 Å². The zero-order chi connectivity index (χ0) is 36.4. The van der Waals surface area contributed by atoms with Gasteiger partial charge in [0.05, 0.1) is 41.9 Å². The molecule has 0 aliphatic carbocycles. The van der Waals surface area contributed by atoms with Gasteiger partial charge in [0.2, 0.25) is 5.91 Å². The van der Waals surface area contributed by atoms with E-state index < -0.39 is 12.1 Å². The lowest BCUT2D eigenvalue weighted by atomic mass is 10.0. The highest BCUT2D eigenvalue weighted by molar-refractivity contribution is 5.87. The second-order valence-electron chi connectivity index (χ2n) is 13.8. The Balaban J connectivity index is 1.02. The fourth-order valence-electron chi connectivity index (χ4n) is 7.30. The Morgan fingerprint density at radius 2 is 1.19 bits per heavy atom. The molecule has 3 aromatic carbocycles. The molecule has 2 fully saturated rings. The number of imidazole rings is 2. The van der Waals surface area contributed by atoms with Crippen molar-refractivity contribution >= 4 is 17.9 Å². The van der Waals surface area contributed by atoms with Crippen LogP contribution in [-0.2, 0) is 9.59 Å². The first-order chi connectivity index (χ1) is 25.2. The van der Waals surface area contributed by atoms with Gasteiger partial charge in [-0.15, -0.1) is 0 Å². The molecule has 12 nitrogen and oxygen atoms in total. The van der Waals surface area contributed by atoms with Crippen LogP contribution in [0.3, 0.4) is 0 Å². The second kappa shape index (κ2) is 14.8. The van der Waals surface area contributed by atoms with Gasteiger partial charge in [0, 0.05) is 13.1 Å². The number of carbonyl (C=O) groups is 3. The Kier molecular flexibility index (Phi) is 9.90. The summed E-state index contributed by atoms with van der Waals surface area (Å²) in [5.74, 6) is 1.34. The van der Waals surface area contributed by atoms with E-state index in [9.17, 15) is 19.5 Å². The number of rotatable bonds is 10. The fourth-order valence-corrected chi connectivity index (χ4v) is 7.30. The molecular weight excluding hydrogens is 656 g/mol. The number of hydrogen-bond donors (Lipinski definition) is 4. The summed E-state index contributed by atoms with van der Waals surface area (Å²) in [7, 11) is 3.85. The van der Waals surface area contributed by atoms with E-state index in [1.54, 1.807) is 35.4 Å². The zero-order valence-corrected chi connectivity index (χ0v) is 29.6. The van der Waals surface area contributed by atoms with Crippen LogP contribution in [0.1, 0.15) is 67.9 Å². The van der Waals surface area contributed by atoms with Gasteiger partial charge in [-0.3, -0.25) is 14.5 Å². The van der Waals surface area contributed by atoms with Crippen LogP contribution in [0.2, 0.25) is 0 Å². The van der Waals surface area contributed by atoms with E-state index in [1.165, 1.54) is 0 Å². The number of nitrogens with zero attached hydrogens (tertiary/aromatic N) is 5. The highest BCUT2D eigenvalue weighted by Crippen LogP contribution is 2.35. The first-order valence-electron chi connectivity index (χ1n) is 17.8. The molecule has 4 atom stereocenters. The average Bonchev–Trinajstić information content (AvgIpc) is 4.00. The van der Waals surface area contributed by atoms with Crippen LogP contribution in [0.15, 0.2) is 91.3 Å². The Morgan fingerprint density at radius 1 is 0.731 bits per heavy atom. The topological polar surface area (TPSA) is 151 Å². The highest BCUT2D eigenvalue weighted by Gasteiger charge is 2.37. The van der Waals surface area contributed by atoms with Crippen molar-refractivity contribution in [3.63, 3.8) is 0 Å². The minimum Gasteiger partial charge on any atom is -0.465 e. The highest BCUT2D eigenvalue weighted by atomic mass is 16.4. The van der Waals surface area contributed by atoms with Gasteiger partial charge in [0.25, 0.3) is 5.91 Å². The number of aromatic amines is 2. The standard InChI is InChI=1S/C40H44N8O4/c1-25(46(2)3)38(49)47-21-7-11-33(47)36-41-23-31(43-36)28-17-13-26(14-18-28)27-15-19-29(20-16-27)32-24-42-37(44-32)34-12-8-22-48(34)39(50)35(45-40(51)52)30-9-5-4-6-10-30/h4-6,9-10,13-20,23-25,33-35,45H,7-8,11-12,21-22H2,1-3H3,(H,41,43)(H,42,44)(H,51,52)/t25-,33-,34-,35+/m0/s1. The van der Waals surface area contributed by atoms with Crippen molar-refractivity contribution in [2.75, 3.05) is 27.2 Å². The van der Waals surface area contributed by atoms with Crippen molar-refractivity contribution < 1.29 is 19.5 Å². The molecule has 12 heteroatoms. The minimum absolute atomic E-state index is 0.0416. The first kappa shape index (κ1) is 34.7. The SMILES string of the molecule is C[C@@H](C(=O)N1CCC[C@H]1c1ncc(-c2ccc(-c3ccc(-c4cnc([C@@H]5CCCN5C(=O)[C@H](NC(=O)O)c5ccccc5)[nH]4)cc3)cc2)[nH]1)N(C)C. The number of benzene rings is 3. The Labute approximate surface area is 302 Å². The smallest absolute Gasteiger partial charge is 0.405 e. The summed E-state index contributed by atoms with van der Waals surface area (Å²) < 4.78 is 0. The Morgan fingerprint density at radius 3 is 1.65 bits per heavy atom. The van der Waals surface area contributed by atoms with Gasteiger partial charge in [-0.05, 0) is 74.5 Å². The summed E-state index contributed by atoms with van der Waals surface area (Å²) in [6.07, 6.45) is 5.78. The molecule has 2 aromatic heterocycles. The third-order valence-electron chi connectivity index (χ3n) is 10.4. The normalized spacial score (nSPS) is 18.5. The van der Waals surface area contributed by atoms with E-state index in [4.69, 9.17) is 0 Å². The van der Waals surface area contributed by atoms with Crippen LogP contribution in [-0.4, -0.2) is 90.9 Å². The van der Waals surface area contributed by atoms with Crippen molar-refractivity contribution in [1.29, 1.82) is 0 Å². The summed E-state index contributed by atoms with van der Waals surface area (Å²) in [4.78, 5) is 60.3. The number of hydrogen-bond acceptors (Lipinski definition) is 6. The lowest BCUT2D eigenvalue weighted by molar-refractivity contribution is -0.136. The number of carboxylic acid groups (broad SMARTS) is 1. The molecule has 0 radical (unpaired) electrons. The molecule has 7 rings (SSSR count). The molecule has 0 unspecified atom stereocenters. The molecule has 268 valence electrons. The largest absolute Gasteiger partial charge is 0.465 e. The third kappa shape index (κ3) is 7.06. The molecule has 2 saturated heterocycles. The van der Waals surface area contributed by atoms with E-state index in [2.05, 4.69) is 61.7 Å². The lowest BCUT2D eigenvalue weighted by Crippen LogP contribution is -2.44. The van der Waals surface area contributed by atoms with Crippen LogP contribution in [0.5, 0.6) is 0 Å². The van der Waals surface area contributed by atoms with Crippen molar-refractivity contribution in [2.24, 2.45) is 0 Å². The van der Waals surface area contributed by atoms with Crippen molar-refractivity contribution in [3.05, 3.63) is 108 Å². The quantitative estimate of drug-likeness (QED) is 0.131. The van der Waals surface area contributed by atoms with Gasteiger partial charge in [0.1, 0.15) is 17.7 Å². The molecule has 0 spiro atoms. The maximum Gasteiger partial charge on any atom is 0.405 e. The molecule has 4 heterocycles. The molecule has 52 heavy (non-hydrogen) atoms. The second-order valence-corrected chi connectivity index (χ2v) is 13.8. The van der Waals surface area contributed by atoms with E-state index in [0.29, 0.717) is 17.9 Å². The van der Waals surface area contributed by atoms with E-state index in [-0.39, 0.29) is 29.9 Å². The number of carbonyl (C=O) groups excluding carboxylic acids is 2. The zero-order valence-electron chi connectivity index (χ0n) is 29.6. The monoisotopic (exact) mass is 700 g/mol. The summed E-state index contributed by atoms with van der Waals surface area (Å²) in [5, 5.41) is 11.9. The van der Waals surface area contributed by atoms with E-state index in [1.807, 2.05) is 55.2 Å². The maximum atomic E-state index is 13.7. The average molecular weight is 701 g/mol. The van der Waals surface area contributed by atoms with Crippen molar-refractivity contribution in [3.8, 4) is 33.6 Å². The number of aromatic nitrogens is 4. The summed E-state index contributed by atoms with van der Waals surface area (Å²) >= 11 is 0. The van der Waals surface area contributed by atoms with Crippen LogP contribution >= 0.6 is 0 Å². The molecular formula is C40H44N8O4. The molecule has 0 saturated carbocycles. The van der Waals surface area contributed by atoms with Gasteiger partial charge < -0.3 is 30.2 Å². The Hall–Kier alpha value is -5.75. The number of nitrogens with one attached hydrogen (secondary N) is 3. The summed E-state index contributed by atoms with van der Waals surface area (Å²) in [6.45, 7) is 3.21. The number of amides is 3. The Bertz CT molecular complexity index is 2020. The summed E-state index contributed by atoms with van der Waals surface area (Å²) in [6, 6.07) is 24.0. The predicted molar refractivity (Wildman–Crippen MR) is 198 cm³/mol. The van der Waals surface area contributed by atoms with Crippen LogP contribution in [0.25, 0.3) is 33.6 Å².